The van der Waals surface area contributed by atoms with Gasteiger partial charge in [-0.05, 0) is 18.8 Å². The first-order valence-electron chi connectivity index (χ1n) is 3.74. The van der Waals surface area contributed by atoms with Gasteiger partial charge < -0.3 is 5.11 Å². The zero-order valence-electron chi connectivity index (χ0n) is 7.48. The van der Waals surface area contributed by atoms with Crippen LogP contribution in [0.3, 0.4) is 0 Å². The lowest BCUT2D eigenvalue weighted by molar-refractivity contribution is -0.137. The van der Waals surface area contributed by atoms with Crippen LogP contribution in [0.1, 0.15) is 33.6 Å². The van der Waals surface area contributed by atoms with E-state index in [1.807, 2.05) is 20.8 Å². The van der Waals surface area contributed by atoms with E-state index in [2.05, 4.69) is 6.58 Å². The SMILES string of the molecule is C=C(C)C(C)(C)CCC(=O)O. The van der Waals surface area contributed by atoms with Gasteiger partial charge in [-0.2, -0.15) is 0 Å². The predicted octanol–water partition coefficient (Wildman–Crippen LogP) is 2.45. The standard InChI is InChI=1S/C9H16O2/c1-7(2)9(3,4)6-5-8(10)11/h1,5-6H2,2-4H3,(H,10,11). The van der Waals surface area contributed by atoms with Crippen molar-refractivity contribution in [2.45, 2.75) is 33.6 Å². The van der Waals surface area contributed by atoms with Crippen molar-refractivity contribution in [2.24, 2.45) is 5.41 Å². The molecule has 2 nitrogen and oxygen atoms in total. The van der Waals surface area contributed by atoms with E-state index in [9.17, 15) is 4.79 Å². The second-order valence-electron chi connectivity index (χ2n) is 3.56. The highest BCUT2D eigenvalue weighted by Crippen LogP contribution is 2.29. The number of rotatable bonds is 4. The van der Waals surface area contributed by atoms with Gasteiger partial charge in [-0.25, -0.2) is 0 Å². The van der Waals surface area contributed by atoms with Gasteiger partial charge in [-0.3, -0.25) is 4.79 Å². The maximum Gasteiger partial charge on any atom is 0.303 e. The molecule has 0 spiro atoms. The van der Waals surface area contributed by atoms with Crippen LogP contribution in [0.5, 0.6) is 0 Å². The van der Waals surface area contributed by atoms with Gasteiger partial charge in [0, 0.05) is 6.42 Å². The molecule has 0 aliphatic rings. The van der Waals surface area contributed by atoms with Crippen molar-refractivity contribution in [1.29, 1.82) is 0 Å². The maximum atomic E-state index is 10.2. The molecular weight excluding hydrogens is 140 g/mol. The lowest BCUT2D eigenvalue weighted by Crippen LogP contribution is -2.14. The van der Waals surface area contributed by atoms with E-state index in [0.29, 0.717) is 6.42 Å². The van der Waals surface area contributed by atoms with Gasteiger partial charge in [0.25, 0.3) is 0 Å². The molecule has 0 bridgehead atoms. The lowest BCUT2D eigenvalue weighted by atomic mass is 9.82. The van der Waals surface area contributed by atoms with Crippen LogP contribution in [0, 0.1) is 5.41 Å². The van der Waals surface area contributed by atoms with Crippen LogP contribution in [0.15, 0.2) is 12.2 Å². The summed E-state index contributed by atoms with van der Waals surface area (Å²) in [5, 5.41) is 8.43. The van der Waals surface area contributed by atoms with Crippen LogP contribution in [0.4, 0.5) is 0 Å². The van der Waals surface area contributed by atoms with E-state index >= 15 is 0 Å². The van der Waals surface area contributed by atoms with E-state index in [-0.39, 0.29) is 11.8 Å². The van der Waals surface area contributed by atoms with Crippen LogP contribution >= 0.6 is 0 Å². The van der Waals surface area contributed by atoms with Gasteiger partial charge in [0.2, 0.25) is 0 Å². The van der Waals surface area contributed by atoms with Gasteiger partial charge in [0.15, 0.2) is 0 Å². The molecule has 0 aliphatic carbocycles. The zero-order valence-corrected chi connectivity index (χ0v) is 7.48. The Morgan fingerprint density at radius 3 is 2.27 bits per heavy atom. The predicted molar refractivity (Wildman–Crippen MR) is 45.5 cm³/mol. The van der Waals surface area contributed by atoms with Crippen molar-refractivity contribution in [3.8, 4) is 0 Å². The number of hydrogen-bond donors (Lipinski definition) is 1. The molecule has 0 fully saturated rings. The number of carboxylic acids is 1. The highest BCUT2D eigenvalue weighted by Gasteiger charge is 2.19. The van der Waals surface area contributed by atoms with E-state index < -0.39 is 5.97 Å². The molecule has 0 aromatic heterocycles. The summed E-state index contributed by atoms with van der Waals surface area (Å²) >= 11 is 0. The van der Waals surface area contributed by atoms with Gasteiger partial charge in [0.05, 0.1) is 0 Å². The summed E-state index contributed by atoms with van der Waals surface area (Å²) in [5.74, 6) is -0.737. The molecule has 0 unspecified atom stereocenters. The Morgan fingerprint density at radius 1 is 1.55 bits per heavy atom. The molecule has 0 aliphatic heterocycles. The molecule has 0 heterocycles. The van der Waals surface area contributed by atoms with Crippen molar-refractivity contribution >= 4 is 5.97 Å². The van der Waals surface area contributed by atoms with E-state index in [1.165, 1.54) is 0 Å². The molecule has 1 N–H and O–H groups in total. The number of hydrogen-bond acceptors (Lipinski definition) is 1. The number of aliphatic carboxylic acids is 1. The minimum atomic E-state index is -0.737. The summed E-state index contributed by atoms with van der Waals surface area (Å²) in [6, 6.07) is 0. The monoisotopic (exact) mass is 156 g/mol. The summed E-state index contributed by atoms with van der Waals surface area (Å²) in [7, 11) is 0. The molecule has 2 heteroatoms. The van der Waals surface area contributed by atoms with Gasteiger partial charge in [-0.1, -0.05) is 26.0 Å². The molecule has 0 saturated heterocycles. The average Bonchev–Trinajstić information content (AvgIpc) is 1.84. The summed E-state index contributed by atoms with van der Waals surface area (Å²) in [6.07, 6.45) is 0.886. The highest BCUT2D eigenvalue weighted by atomic mass is 16.4. The van der Waals surface area contributed by atoms with E-state index in [0.717, 1.165) is 5.57 Å². The topological polar surface area (TPSA) is 37.3 Å². The second kappa shape index (κ2) is 3.56. The Balaban J connectivity index is 3.92. The van der Waals surface area contributed by atoms with Crippen LogP contribution in [0.25, 0.3) is 0 Å². The third-order valence-electron chi connectivity index (χ3n) is 2.12. The Bertz CT molecular complexity index is 168. The smallest absolute Gasteiger partial charge is 0.303 e. The molecule has 0 saturated carbocycles. The molecule has 0 aromatic carbocycles. The summed E-state index contributed by atoms with van der Waals surface area (Å²) in [5.41, 5.74) is 0.997. The fourth-order valence-corrected chi connectivity index (χ4v) is 0.633. The third-order valence-corrected chi connectivity index (χ3v) is 2.12. The largest absolute Gasteiger partial charge is 0.481 e. The number of carboxylic acid groups (broad SMARTS) is 1. The van der Waals surface area contributed by atoms with Crippen LogP contribution in [0.2, 0.25) is 0 Å². The molecule has 0 radical (unpaired) electrons. The first-order chi connectivity index (χ1) is 4.86. The summed E-state index contributed by atoms with van der Waals surface area (Å²) in [6.45, 7) is 9.77. The van der Waals surface area contributed by atoms with Crippen molar-refractivity contribution in [1.82, 2.24) is 0 Å². The zero-order chi connectivity index (χ0) is 9.07. The molecule has 0 atom stereocenters. The number of allylic oxidation sites excluding steroid dienone is 1. The van der Waals surface area contributed by atoms with Crippen LogP contribution in [-0.4, -0.2) is 11.1 Å². The minimum Gasteiger partial charge on any atom is -0.481 e. The molecule has 64 valence electrons. The lowest BCUT2D eigenvalue weighted by Gasteiger charge is -2.23. The van der Waals surface area contributed by atoms with Crippen LogP contribution in [-0.2, 0) is 4.79 Å². The maximum absolute atomic E-state index is 10.2. The average molecular weight is 156 g/mol. The van der Waals surface area contributed by atoms with Crippen molar-refractivity contribution < 1.29 is 9.90 Å². The van der Waals surface area contributed by atoms with Gasteiger partial charge >= 0.3 is 5.97 Å². The minimum absolute atomic E-state index is 0.0433. The first kappa shape index (κ1) is 10.2. The Kier molecular flexibility index (Phi) is 3.30. The quantitative estimate of drug-likeness (QED) is 0.635. The van der Waals surface area contributed by atoms with Gasteiger partial charge in [-0.15, -0.1) is 0 Å². The summed E-state index contributed by atoms with van der Waals surface area (Å²) < 4.78 is 0. The summed E-state index contributed by atoms with van der Waals surface area (Å²) in [4.78, 5) is 10.2. The Morgan fingerprint density at radius 2 is 2.00 bits per heavy atom. The molecule has 0 aromatic rings. The van der Waals surface area contributed by atoms with E-state index in [4.69, 9.17) is 5.11 Å². The fraction of sp³-hybridized carbons (Fsp3) is 0.667. The van der Waals surface area contributed by atoms with Crippen molar-refractivity contribution in [2.75, 3.05) is 0 Å². The molecule has 0 rings (SSSR count). The van der Waals surface area contributed by atoms with Crippen molar-refractivity contribution in [3.63, 3.8) is 0 Å². The Labute approximate surface area is 67.9 Å². The normalized spacial score (nSPS) is 11.2. The van der Waals surface area contributed by atoms with Gasteiger partial charge in [0.1, 0.15) is 0 Å². The van der Waals surface area contributed by atoms with E-state index in [1.54, 1.807) is 0 Å². The van der Waals surface area contributed by atoms with Crippen LogP contribution < -0.4 is 0 Å². The molecular formula is C9H16O2. The third kappa shape index (κ3) is 3.81. The fourth-order valence-electron chi connectivity index (χ4n) is 0.633. The highest BCUT2D eigenvalue weighted by molar-refractivity contribution is 5.66. The van der Waals surface area contributed by atoms with Crippen molar-refractivity contribution in [3.05, 3.63) is 12.2 Å². The molecule has 0 amide bonds. The Hall–Kier alpha value is -0.790. The number of carbonyl (C=O) groups is 1. The molecule has 11 heavy (non-hydrogen) atoms. The first-order valence-corrected chi connectivity index (χ1v) is 3.74. The second-order valence-corrected chi connectivity index (χ2v) is 3.56.